The summed E-state index contributed by atoms with van der Waals surface area (Å²) in [6.45, 7) is 4.51. The summed E-state index contributed by atoms with van der Waals surface area (Å²) >= 11 is 0. The Bertz CT molecular complexity index is 609. The number of likely N-dealkylation sites (tertiary alicyclic amines) is 1. The summed E-state index contributed by atoms with van der Waals surface area (Å²) in [6, 6.07) is 0.614. The molecule has 0 aromatic carbocycles. The number of rotatable bonds is 4. The summed E-state index contributed by atoms with van der Waals surface area (Å²) in [6.07, 6.45) is 15.5. The summed E-state index contributed by atoms with van der Waals surface area (Å²) < 4.78 is 0. The Morgan fingerprint density at radius 3 is 2.41 bits per heavy atom. The van der Waals surface area contributed by atoms with Crippen molar-refractivity contribution < 1.29 is 0 Å². The summed E-state index contributed by atoms with van der Waals surface area (Å²) in [7, 11) is 2.26. The minimum atomic E-state index is 0.614. The minimum Gasteiger partial charge on any atom is -0.356 e. The molecule has 1 N–H and O–H groups in total. The molecule has 3 aliphatic rings. The van der Waals surface area contributed by atoms with Gasteiger partial charge in [0.05, 0.1) is 5.69 Å². The van der Waals surface area contributed by atoms with Crippen LogP contribution in [-0.4, -0.2) is 54.1 Å². The van der Waals surface area contributed by atoms with Crippen LogP contribution in [0.5, 0.6) is 0 Å². The first-order chi connectivity index (χ1) is 13.3. The number of hydrogen-bond donors (Lipinski definition) is 1. The lowest BCUT2D eigenvalue weighted by Crippen LogP contribution is -2.41. The van der Waals surface area contributed by atoms with Gasteiger partial charge in [-0.1, -0.05) is 25.7 Å². The first-order valence-electron chi connectivity index (χ1n) is 11.4. The average molecular weight is 372 g/mol. The second-order valence-corrected chi connectivity index (χ2v) is 8.77. The molecule has 1 aromatic rings. The number of hydrogen-bond acceptors (Lipinski definition) is 5. The van der Waals surface area contributed by atoms with Gasteiger partial charge in [0.2, 0.25) is 5.95 Å². The molecule has 150 valence electrons. The van der Waals surface area contributed by atoms with Gasteiger partial charge in [-0.25, -0.2) is 4.98 Å². The van der Waals surface area contributed by atoms with Crippen LogP contribution in [0.3, 0.4) is 0 Å². The van der Waals surface area contributed by atoms with Crippen molar-refractivity contribution in [1.82, 2.24) is 14.9 Å². The van der Waals surface area contributed by atoms with Crippen molar-refractivity contribution in [2.24, 2.45) is 0 Å². The minimum absolute atomic E-state index is 0.614. The number of likely N-dealkylation sites (N-methyl/N-ethyl adjacent to an activating group) is 1. The molecule has 0 bridgehead atoms. The molecule has 1 aliphatic carbocycles. The van der Waals surface area contributed by atoms with Crippen molar-refractivity contribution in [3.63, 3.8) is 0 Å². The second-order valence-electron chi connectivity index (χ2n) is 8.77. The summed E-state index contributed by atoms with van der Waals surface area (Å²) in [5.74, 6) is 2.12. The number of nitrogens with zero attached hydrogens (tertiary/aromatic N) is 4. The van der Waals surface area contributed by atoms with Crippen LogP contribution < -0.4 is 10.2 Å². The maximum absolute atomic E-state index is 5.09. The van der Waals surface area contributed by atoms with Crippen LogP contribution in [0.2, 0.25) is 0 Å². The van der Waals surface area contributed by atoms with E-state index in [0.29, 0.717) is 6.04 Å². The fourth-order valence-electron chi connectivity index (χ4n) is 4.99. The first-order valence-corrected chi connectivity index (χ1v) is 11.4. The molecule has 2 fully saturated rings. The van der Waals surface area contributed by atoms with Crippen molar-refractivity contribution in [2.45, 2.75) is 83.1 Å². The van der Waals surface area contributed by atoms with Crippen LogP contribution in [-0.2, 0) is 12.8 Å². The van der Waals surface area contributed by atoms with E-state index in [1.165, 1.54) is 87.8 Å². The fourth-order valence-corrected chi connectivity index (χ4v) is 4.99. The van der Waals surface area contributed by atoms with Crippen molar-refractivity contribution >= 4 is 11.8 Å². The Labute approximate surface area is 164 Å². The van der Waals surface area contributed by atoms with E-state index >= 15 is 0 Å². The molecule has 0 spiro atoms. The third-order valence-electron chi connectivity index (χ3n) is 6.73. The van der Waals surface area contributed by atoms with Gasteiger partial charge in [0.25, 0.3) is 0 Å². The van der Waals surface area contributed by atoms with Crippen LogP contribution in [0, 0.1) is 0 Å². The highest BCUT2D eigenvalue weighted by molar-refractivity contribution is 5.53. The van der Waals surface area contributed by atoms with Gasteiger partial charge in [-0.2, -0.15) is 4.98 Å². The van der Waals surface area contributed by atoms with Crippen molar-refractivity contribution in [3.05, 3.63) is 11.3 Å². The Kier molecular flexibility index (Phi) is 6.48. The third-order valence-corrected chi connectivity index (χ3v) is 6.73. The zero-order chi connectivity index (χ0) is 18.5. The summed E-state index contributed by atoms with van der Waals surface area (Å²) in [5, 5.41) is 3.62. The average Bonchev–Trinajstić information content (AvgIpc) is 3.09. The molecule has 0 amide bonds. The van der Waals surface area contributed by atoms with E-state index in [1.807, 2.05) is 0 Å². The standard InChI is InChI=1S/C22H37N5/c1-26-14-10-7-11-18(26)17-23-22-24-20-13-6-4-5-12-19(20)21(25-22)27-15-8-2-3-9-16-27/h18H,2-17H2,1H3,(H,23,24,25). The molecular weight excluding hydrogens is 334 g/mol. The SMILES string of the molecule is CN1CCCCC1CNc1nc2c(c(N3CCCCCC3)n1)CCCCC2. The van der Waals surface area contributed by atoms with Crippen molar-refractivity contribution in [1.29, 1.82) is 0 Å². The Hall–Kier alpha value is -1.36. The zero-order valence-corrected chi connectivity index (χ0v) is 17.2. The lowest BCUT2D eigenvalue weighted by Gasteiger charge is -2.32. The van der Waals surface area contributed by atoms with Gasteiger partial charge in [-0.3, -0.25) is 0 Å². The van der Waals surface area contributed by atoms with E-state index in [2.05, 4.69) is 22.2 Å². The lowest BCUT2D eigenvalue weighted by atomic mass is 10.0. The van der Waals surface area contributed by atoms with Crippen LogP contribution in [0.15, 0.2) is 0 Å². The lowest BCUT2D eigenvalue weighted by molar-refractivity contribution is 0.194. The molecule has 5 nitrogen and oxygen atoms in total. The highest BCUT2D eigenvalue weighted by atomic mass is 15.2. The molecule has 2 aliphatic heterocycles. The number of aryl methyl sites for hydroxylation is 1. The monoisotopic (exact) mass is 371 g/mol. The molecule has 1 aromatic heterocycles. The van der Waals surface area contributed by atoms with Crippen molar-refractivity contribution in [2.75, 3.05) is 43.4 Å². The summed E-state index contributed by atoms with van der Waals surface area (Å²) in [5.41, 5.74) is 2.77. The van der Waals surface area contributed by atoms with Crippen LogP contribution in [0.25, 0.3) is 0 Å². The molecular formula is C22H37N5. The number of piperidine rings is 1. The van der Waals surface area contributed by atoms with Crippen LogP contribution in [0.1, 0.15) is 75.5 Å². The van der Waals surface area contributed by atoms with Gasteiger partial charge in [-0.05, 0) is 65.0 Å². The van der Waals surface area contributed by atoms with E-state index in [-0.39, 0.29) is 0 Å². The number of nitrogens with one attached hydrogen (secondary N) is 1. The van der Waals surface area contributed by atoms with Gasteiger partial charge in [0, 0.05) is 31.2 Å². The highest BCUT2D eigenvalue weighted by Crippen LogP contribution is 2.30. The molecule has 4 rings (SSSR count). The molecule has 3 heterocycles. The molecule has 1 unspecified atom stereocenters. The zero-order valence-electron chi connectivity index (χ0n) is 17.2. The van der Waals surface area contributed by atoms with E-state index in [1.54, 1.807) is 0 Å². The maximum Gasteiger partial charge on any atom is 0.224 e. The highest BCUT2D eigenvalue weighted by Gasteiger charge is 2.23. The van der Waals surface area contributed by atoms with E-state index in [0.717, 1.165) is 38.4 Å². The molecule has 0 radical (unpaired) electrons. The number of aromatic nitrogens is 2. The van der Waals surface area contributed by atoms with Gasteiger partial charge in [0.1, 0.15) is 5.82 Å². The van der Waals surface area contributed by atoms with E-state index < -0.39 is 0 Å². The largest absolute Gasteiger partial charge is 0.356 e. The molecule has 2 saturated heterocycles. The van der Waals surface area contributed by atoms with Gasteiger partial charge in [-0.15, -0.1) is 0 Å². The topological polar surface area (TPSA) is 44.3 Å². The quantitative estimate of drug-likeness (QED) is 0.810. The number of fused-ring (bicyclic) bond motifs is 1. The van der Waals surface area contributed by atoms with E-state index in [9.17, 15) is 0 Å². The van der Waals surface area contributed by atoms with Crippen LogP contribution in [0.4, 0.5) is 11.8 Å². The Morgan fingerprint density at radius 2 is 1.59 bits per heavy atom. The first kappa shape index (κ1) is 19.0. The van der Waals surface area contributed by atoms with Gasteiger partial charge < -0.3 is 15.1 Å². The third kappa shape index (κ3) is 4.74. The molecule has 0 saturated carbocycles. The second kappa shape index (κ2) is 9.22. The van der Waals surface area contributed by atoms with Gasteiger partial charge >= 0.3 is 0 Å². The molecule has 5 heteroatoms. The molecule has 1 atom stereocenters. The summed E-state index contributed by atoms with van der Waals surface area (Å²) in [4.78, 5) is 15.1. The van der Waals surface area contributed by atoms with E-state index in [4.69, 9.17) is 9.97 Å². The predicted octanol–water partition coefficient (Wildman–Crippen LogP) is 4.02. The fraction of sp³-hybridized carbons (Fsp3) is 0.818. The number of anilines is 2. The Balaban J connectivity index is 1.55. The molecule has 27 heavy (non-hydrogen) atoms. The normalized spacial score (nSPS) is 24.8. The smallest absolute Gasteiger partial charge is 0.224 e. The van der Waals surface area contributed by atoms with Crippen LogP contribution >= 0.6 is 0 Å². The predicted molar refractivity (Wildman–Crippen MR) is 113 cm³/mol. The Morgan fingerprint density at radius 1 is 0.852 bits per heavy atom. The maximum atomic E-state index is 5.09. The van der Waals surface area contributed by atoms with Gasteiger partial charge in [0.15, 0.2) is 0 Å². The van der Waals surface area contributed by atoms with Crippen molar-refractivity contribution in [3.8, 4) is 0 Å².